The first-order chi connectivity index (χ1) is 7.15. The molecule has 4 heteroatoms. The second-order valence-electron chi connectivity index (χ2n) is 4.47. The Hall–Kier alpha value is -0.610. The van der Waals surface area contributed by atoms with Crippen LogP contribution < -0.4 is 5.73 Å². The minimum atomic E-state index is 0.276. The fourth-order valence-corrected chi connectivity index (χ4v) is 2.04. The molecule has 0 aromatic carbocycles. The van der Waals surface area contributed by atoms with Crippen molar-refractivity contribution in [3.8, 4) is 0 Å². The first kappa shape index (κ1) is 12.5. The maximum Gasteiger partial charge on any atom is 0.222 e. The minimum absolute atomic E-state index is 0.276. The quantitative estimate of drug-likeness (QED) is 0.729. The molecule has 0 aromatic heterocycles. The molecule has 1 aliphatic heterocycles. The number of piperidine rings is 1. The van der Waals surface area contributed by atoms with Crippen molar-refractivity contribution in [2.45, 2.75) is 31.7 Å². The molecule has 0 aliphatic carbocycles. The Kier molecular flexibility index (Phi) is 5.05. The maximum absolute atomic E-state index is 11.7. The van der Waals surface area contributed by atoms with Gasteiger partial charge in [-0.3, -0.25) is 4.79 Å². The zero-order valence-corrected chi connectivity index (χ0v) is 9.91. The van der Waals surface area contributed by atoms with Crippen LogP contribution in [0.2, 0.25) is 0 Å². The van der Waals surface area contributed by atoms with E-state index in [1.807, 2.05) is 4.90 Å². The Morgan fingerprint density at radius 1 is 1.40 bits per heavy atom. The second kappa shape index (κ2) is 6.08. The second-order valence-corrected chi connectivity index (χ2v) is 4.47. The number of nitrogens with zero attached hydrogens (tertiary/aromatic N) is 2. The topological polar surface area (TPSA) is 49.6 Å². The van der Waals surface area contributed by atoms with Gasteiger partial charge in [-0.05, 0) is 39.9 Å². The molecule has 2 N–H and O–H groups in total. The smallest absolute Gasteiger partial charge is 0.222 e. The number of hydrogen-bond donors (Lipinski definition) is 1. The number of amides is 1. The molecule has 1 fully saturated rings. The maximum atomic E-state index is 11.7. The molecule has 1 rings (SSSR count). The molecule has 15 heavy (non-hydrogen) atoms. The van der Waals surface area contributed by atoms with Crippen LogP contribution >= 0.6 is 0 Å². The predicted molar refractivity (Wildman–Crippen MR) is 61.6 cm³/mol. The summed E-state index contributed by atoms with van der Waals surface area (Å²) in [4.78, 5) is 15.9. The summed E-state index contributed by atoms with van der Waals surface area (Å²) in [5.41, 5.74) is 5.39. The number of rotatable bonds is 4. The van der Waals surface area contributed by atoms with Gasteiger partial charge in [0.1, 0.15) is 0 Å². The van der Waals surface area contributed by atoms with Crippen molar-refractivity contribution in [1.29, 1.82) is 0 Å². The van der Waals surface area contributed by atoms with Crippen molar-refractivity contribution in [3.63, 3.8) is 0 Å². The largest absolute Gasteiger partial charge is 0.343 e. The van der Waals surface area contributed by atoms with Gasteiger partial charge in [-0.15, -0.1) is 0 Å². The van der Waals surface area contributed by atoms with Crippen LogP contribution in [0, 0.1) is 0 Å². The molecule has 88 valence electrons. The van der Waals surface area contributed by atoms with Crippen molar-refractivity contribution in [2.75, 3.05) is 33.7 Å². The van der Waals surface area contributed by atoms with Crippen LogP contribution in [0.4, 0.5) is 0 Å². The third kappa shape index (κ3) is 3.80. The summed E-state index contributed by atoms with van der Waals surface area (Å²) >= 11 is 0. The molecule has 1 saturated heterocycles. The van der Waals surface area contributed by atoms with Crippen LogP contribution in [0.3, 0.4) is 0 Å². The monoisotopic (exact) mass is 213 g/mol. The summed E-state index contributed by atoms with van der Waals surface area (Å²) in [5.74, 6) is 0.276. The van der Waals surface area contributed by atoms with E-state index in [1.165, 1.54) is 0 Å². The first-order valence-electron chi connectivity index (χ1n) is 5.79. The Morgan fingerprint density at radius 2 is 2.00 bits per heavy atom. The SMILES string of the molecule is CN(C)C1CCN(C(=O)CCCN)CC1. The minimum Gasteiger partial charge on any atom is -0.343 e. The zero-order chi connectivity index (χ0) is 11.3. The average Bonchev–Trinajstić information content (AvgIpc) is 2.26. The molecule has 1 aliphatic rings. The highest BCUT2D eigenvalue weighted by Gasteiger charge is 2.23. The zero-order valence-electron chi connectivity index (χ0n) is 9.91. The van der Waals surface area contributed by atoms with Gasteiger partial charge in [0.05, 0.1) is 0 Å². The molecule has 0 radical (unpaired) electrons. The number of carbonyl (C=O) groups excluding carboxylic acids is 1. The number of nitrogens with two attached hydrogens (primary N) is 1. The van der Waals surface area contributed by atoms with Crippen molar-refractivity contribution >= 4 is 5.91 Å². The van der Waals surface area contributed by atoms with Crippen molar-refractivity contribution in [3.05, 3.63) is 0 Å². The summed E-state index contributed by atoms with van der Waals surface area (Å²) in [5, 5.41) is 0. The van der Waals surface area contributed by atoms with E-state index < -0.39 is 0 Å². The van der Waals surface area contributed by atoms with Crippen molar-refractivity contribution in [1.82, 2.24) is 9.80 Å². The molecule has 0 bridgehead atoms. The van der Waals surface area contributed by atoms with Gasteiger partial charge in [0, 0.05) is 25.6 Å². The fourth-order valence-electron chi connectivity index (χ4n) is 2.04. The summed E-state index contributed by atoms with van der Waals surface area (Å²) < 4.78 is 0. The van der Waals surface area contributed by atoms with E-state index in [-0.39, 0.29) is 5.91 Å². The van der Waals surface area contributed by atoms with Gasteiger partial charge in [0.25, 0.3) is 0 Å². The lowest BCUT2D eigenvalue weighted by Crippen LogP contribution is -2.44. The van der Waals surface area contributed by atoms with E-state index in [2.05, 4.69) is 19.0 Å². The van der Waals surface area contributed by atoms with E-state index in [9.17, 15) is 4.79 Å². The van der Waals surface area contributed by atoms with Gasteiger partial charge in [0.15, 0.2) is 0 Å². The molecule has 0 unspecified atom stereocenters. The molecule has 1 amide bonds. The van der Waals surface area contributed by atoms with Crippen LogP contribution in [0.15, 0.2) is 0 Å². The van der Waals surface area contributed by atoms with Gasteiger partial charge in [-0.2, -0.15) is 0 Å². The lowest BCUT2D eigenvalue weighted by Gasteiger charge is -2.35. The van der Waals surface area contributed by atoms with Crippen LogP contribution in [0.1, 0.15) is 25.7 Å². The highest BCUT2D eigenvalue weighted by Crippen LogP contribution is 2.15. The molecule has 4 nitrogen and oxygen atoms in total. The highest BCUT2D eigenvalue weighted by molar-refractivity contribution is 5.76. The summed E-state index contributed by atoms with van der Waals surface area (Å²) in [7, 11) is 4.22. The molecule has 0 spiro atoms. The fraction of sp³-hybridized carbons (Fsp3) is 0.909. The predicted octanol–water partition coefficient (Wildman–Crippen LogP) is 0.278. The van der Waals surface area contributed by atoms with Crippen LogP contribution in [0.5, 0.6) is 0 Å². The van der Waals surface area contributed by atoms with Crippen LogP contribution in [-0.4, -0.2) is 55.5 Å². The van der Waals surface area contributed by atoms with Gasteiger partial charge in [-0.1, -0.05) is 0 Å². The lowest BCUT2D eigenvalue weighted by molar-refractivity contribution is -0.132. The van der Waals surface area contributed by atoms with Crippen molar-refractivity contribution in [2.24, 2.45) is 5.73 Å². The van der Waals surface area contributed by atoms with E-state index in [0.29, 0.717) is 19.0 Å². The van der Waals surface area contributed by atoms with E-state index in [1.54, 1.807) is 0 Å². The normalized spacial score (nSPS) is 18.5. The Bertz CT molecular complexity index is 198. The van der Waals surface area contributed by atoms with E-state index in [0.717, 1.165) is 32.4 Å². The van der Waals surface area contributed by atoms with E-state index >= 15 is 0 Å². The Morgan fingerprint density at radius 3 is 2.47 bits per heavy atom. The van der Waals surface area contributed by atoms with Crippen molar-refractivity contribution < 1.29 is 4.79 Å². The van der Waals surface area contributed by atoms with Gasteiger partial charge in [0.2, 0.25) is 5.91 Å². The summed E-state index contributed by atoms with van der Waals surface area (Å²) in [6.07, 6.45) is 3.62. The third-order valence-electron chi connectivity index (χ3n) is 3.14. The molecular formula is C11H23N3O. The van der Waals surface area contributed by atoms with Gasteiger partial charge >= 0.3 is 0 Å². The molecule has 1 heterocycles. The molecule has 0 saturated carbocycles. The third-order valence-corrected chi connectivity index (χ3v) is 3.14. The van der Waals surface area contributed by atoms with Crippen LogP contribution in [-0.2, 0) is 4.79 Å². The van der Waals surface area contributed by atoms with Gasteiger partial charge < -0.3 is 15.5 Å². The molecule has 0 aromatic rings. The Balaban J connectivity index is 2.27. The number of carbonyl (C=O) groups is 1. The standard InChI is InChI=1S/C11H23N3O/c1-13(2)10-5-8-14(9-6-10)11(15)4-3-7-12/h10H,3-9,12H2,1-2H3. The lowest BCUT2D eigenvalue weighted by atomic mass is 10.0. The summed E-state index contributed by atoms with van der Waals surface area (Å²) in [6, 6.07) is 0.642. The van der Waals surface area contributed by atoms with Crippen LogP contribution in [0.25, 0.3) is 0 Å². The highest BCUT2D eigenvalue weighted by atomic mass is 16.2. The Labute approximate surface area is 92.4 Å². The summed E-state index contributed by atoms with van der Waals surface area (Å²) in [6.45, 7) is 2.43. The molecular weight excluding hydrogens is 190 g/mol. The van der Waals surface area contributed by atoms with Gasteiger partial charge in [-0.25, -0.2) is 0 Å². The first-order valence-corrected chi connectivity index (χ1v) is 5.79. The number of hydrogen-bond acceptors (Lipinski definition) is 3. The number of likely N-dealkylation sites (tertiary alicyclic amines) is 1. The molecule has 0 atom stereocenters. The average molecular weight is 213 g/mol. The van der Waals surface area contributed by atoms with E-state index in [4.69, 9.17) is 5.73 Å².